The van der Waals surface area contributed by atoms with Gasteiger partial charge in [0.25, 0.3) is 0 Å². The van der Waals surface area contributed by atoms with Crippen LogP contribution < -0.4 is 0 Å². The first kappa shape index (κ1) is 13.7. The van der Waals surface area contributed by atoms with Crippen molar-refractivity contribution in [1.82, 2.24) is 9.97 Å². The van der Waals surface area contributed by atoms with Crippen molar-refractivity contribution in [3.8, 4) is 12.1 Å². The van der Waals surface area contributed by atoms with Gasteiger partial charge in [-0.15, -0.1) is 0 Å². The third-order valence-electron chi connectivity index (χ3n) is 2.54. The van der Waals surface area contributed by atoms with Gasteiger partial charge >= 0.3 is 12.1 Å². The quantitative estimate of drug-likeness (QED) is 0.819. The van der Waals surface area contributed by atoms with Crippen LogP contribution in [0.2, 0.25) is 0 Å². The average Bonchev–Trinajstić information content (AvgIpc) is 2.80. The van der Waals surface area contributed by atoms with E-state index in [-0.39, 0.29) is 16.6 Å². The fourth-order valence-corrected chi connectivity index (χ4v) is 1.56. The molecule has 20 heavy (non-hydrogen) atoms. The molecule has 9 heteroatoms. The van der Waals surface area contributed by atoms with E-state index in [1.54, 1.807) is 12.1 Å². The van der Waals surface area contributed by atoms with Crippen LogP contribution in [0.15, 0.2) is 12.1 Å². The van der Waals surface area contributed by atoms with Gasteiger partial charge in [0, 0.05) is 0 Å². The number of halogens is 5. The highest BCUT2D eigenvalue weighted by Crippen LogP contribution is 2.43. The fraction of sp³-hybridized carbons (Fsp3) is 0.182. The number of alkyl halides is 5. The Morgan fingerprint density at radius 1 is 1.05 bits per heavy atom. The van der Waals surface area contributed by atoms with Gasteiger partial charge in [0.05, 0.1) is 16.6 Å². The number of aromatic nitrogens is 2. The number of aromatic amines is 1. The summed E-state index contributed by atoms with van der Waals surface area (Å²) < 4.78 is 63.0. The Balaban J connectivity index is 2.74. The van der Waals surface area contributed by atoms with Gasteiger partial charge in [-0.25, -0.2) is 4.98 Å². The van der Waals surface area contributed by atoms with Gasteiger partial charge in [-0.3, -0.25) is 0 Å². The minimum Gasteiger partial charge on any atom is -0.337 e. The minimum atomic E-state index is -5.81. The van der Waals surface area contributed by atoms with Gasteiger partial charge in [-0.1, -0.05) is 0 Å². The van der Waals surface area contributed by atoms with Crippen LogP contribution in [0.1, 0.15) is 17.0 Å². The van der Waals surface area contributed by atoms with Crippen LogP contribution in [0.4, 0.5) is 22.0 Å². The first-order valence-electron chi connectivity index (χ1n) is 5.00. The second-order valence-corrected chi connectivity index (χ2v) is 3.77. The molecule has 0 fully saturated rings. The predicted octanol–water partition coefficient (Wildman–Crippen LogP) is 2.96. The lowest BCUT2D eigenvalue weighted by Crippen LogP contribution is -2.34. The second-order valence-electron chi connectivity index (χ2n) is 3.77. The lowest BCUT2D eigenvalue weighted by atomic mass is 10.1. The third-order valence-corrected chi connectivity index (χ3v) is 2.54. The molecule has 0 bridgehead atoms. The maximum atomic E-state index is 13.2. The van der Waals surface area contributed by atoms with Crippen LogP contribution in [0.3, 0.4) is 0 Å². The summed E-state index contributed by atoms with van der Waals surface area (Å²) in [6.07, 6.45) is -5.81. The molecule has 102 valence electrons. The zero-order valence-corrected chi connectivity index (χ0v) is 9.39. The summed E-state index contributed by atoms with van der Waals surface area (Å²) in [6, 6.07) is 5.43. The molecular weight excluding hydrogens is 283 g/mol. The highest BCUT2D eigenvalue weighted by molar-refractivity contribution is 5.84. The summed E-state index contributed by atoms with van der Waals surface area (Å²) in [5, 5.41) is 17.6. The van der Waals surface area contributed by atoms with E-state index in [9.17, 15) is 22.0 Å². The number of nitriles is 2. The molecule has 0 atom stereocenters. The number of imidazole rings is 1. The molecule has 0 saturated carbocycles. The highest BCUT2D eigenvalue weighted by Gasteiger charge is 2.61. The number of hydrogen-bond donors (Lipinski definition) is 1. The Hall–Kier alpha value is -2.68. The van der Waals surface area contributed by atoms with Gasteiger partial charge in [0.1, 0.15) is 17.7 Å². The predicted molar refractivity (Wildman–Crippen MR) is 55.5 cm³/mol. The van der Waals surface area contributed by atoms with Crippen LogP contribution in [0.5, 0.6) is 0 Å². The Kier molecular flexibility index (Phi) is 2.86. The molecule has 1 N–H and O–H groups in total. The van der Waals surface area contributed by atoms with E-state index in [1.165, 1.54) is 0 Å². The van der Waals surface area contributed by atoms with Crippen LogP contribution in [-0.2, 0) is 5.92 Å². The number of rotatable bonds is 1. The maximum absolute atomic E-state index is 13.2. The standard InChI is InChI=1S/C11H3F5N4/c12-10(13,11(14,15)16)9-19-7-2-1-5(3-17)6(4-18)8(7)20-9/h1-2H,(H,19,20). The molecular formula is C11H3F5N4. The first-order valence-corrected chi connectivity index (χ1v) is 5.00. The van der Waals surface area contributed by atoms with E-state index in [0.29, 0.717) is 0 Å². The lowest BCUT2D eigenvalue weighted by Gasteiger charge is -2.16. The lowest BCUT2D eigenvalue weighted by molar-refractivity contribution is -0.292. The summed E-state index contributed by atoms with van der Waals surface area (Å²) in [4.78, 5) is 4.96. The van der Waals surface area contributed by atoms with E-state index in [2.05, 4.69) is 4.98 Å². The normalized spacial score (nSPS) is 12.2. The third kappa shape index (κ3) is 1.84. The van der Waals surface area contributed by atoms with Crippen LogP contribution >= 0.6 is 0 Å². The van der Waals surface area contributed by atoms with E-state index >= 15 is 0 Å². The molecule has 0 unspecified atom stereocenters. The maximum Gasteiger partial charge on any atom is 0.461 e. The summed E-state index contributed by atoms with van der Waals surface area (Å²) in [5.41, 5.74) is -1.09. The molecule has 0 aliphatic carbocycles. The van der Waals surface area contributed by atoms with Crippen molar-refractivity contribution in [2.24, 2.45) is 0 Å². The fourth-order valence-electron chi connectivity index (χ4n) is 1.56. The zero-order valence-electron chi connectivity index (χ0n) is 9.39. The van der Waals surface area contributed by atoms with Crippen LogP contribution in [0.25, 0.3) is 11.0 Å². The molecule has 0 aliphatic heterocycles. The molecule has 2 rings (SSSR count). The molecule has 2 aromatic rings. The SMILES string of the molecule is N#Cc1ccc2[nH]c(C(F)(F)C(F)(F)F)nc2c1C#N. The number of hydrogen-bond acceptors (Lipinski definition) is 3. The van der Waals surface area contributed by atoms with Gasteiger partial charge in [0.15, 0.2) is 5.82 Å². The summed E-state index contributed by atoms with van der Waals surface area (Å²) in [6.45, 7) is 0. The van der Waals surface area contributed by atoms with Gasteiger partial charge < -0.3 is 4.98 Å². The number of nitrogens with zero attached hydrogens (tertiary/aromatic N) is 3. The molecule has 1 aromatic heterocycles. The zero-order chi connectivity index (χ0) is 15.1. The van der Waals surface area contributed by atoms with E-state index in [0.717, 1.165) is 12.1 Å². The molecule has 0 aliphatic rings. The van der Waals surface area contributed by atoms with Crippen molar-refractivity contribution in [3.63, 3.8) is 0 Å². The van der Waals surface area contributed by atoms with Crippen LogP contribution in [0, 0.1) is 22.7 Å². The monoisotopic (exact) mass is 286 g/mol. The van der Waals surface area contributed by atoms with Crippen molar-refractivity contribution in [2.75, 3.05) is 0 Å². The molecule has 0 saturated heterocycles. The van der Waals surface area contributed by atoms with Crippen molar-refractivity contribution >= 4 is 11.0 Å². The molecule has 0 spiro atoms. The van der Waals surface area contributed by atoms with E-state index in [1.807, 2.05) is 4.98 Å². The Labute approximate surface area is 108 Å². The van der Waals surface area contributed by atoms with E-state index in [4.69, 9.17) is 10.5 Å². The number of benzene rings is 1. The number of H-pyrrole nitrogens is 1. The largest absolute Gasteiger partial charge is 0.461 e. The van der Waals surface area contributed by atoms with Crippen molar-refractivity contribution in [2.45, 2.75) is 12.1 Å². The average molecular weight is 286 g/mol. The Bertz CT molecular complexity index is 760. The van der Waals surface area contributed by atoms with Crippen molar-refractivity contribution in [1.29, 1.82) is 10.5 Å². The number of nitrogens with one attached hydrogen (secondary N) is 1. The van der Waals surface area contributed by atoms with Crippen LogP contribution in [-0.4, -0.2) is 16.1 Å². The molecule has 4 nitrogen and oxygen atoms in total. The van der Waals surface area contributed by atoms with E-state index < -0.39 is 23.4 Å². The topological polar surface area (TPSA) is 76.3 Å². The second kappa shape index (κ2) is 4.17. The molecule has 1 aromatic carbocycles. The first-order chi connectivity index (χ1) is 9.22. The Morgan fingerprint density at radius 3 is 2.20 bits per heavy atom. The minimum absolute atomic E-state index is 0.159. The smallest absolute Gasteiger partial charge is 0.337 e. The Morgan fingerprint density at radius 2 is 1.70 bits per heavy atom. The number of fused-ring (bicyclic) bond motifs is 1. The molecule has 0 radical (unpaired) electrons. The highest BCUT2D eigenvalue weighted by atomic mass is 19.4. The van der Waals surface area contributed by atoms with Crippen molar-refractivity contribution < 1.29 is 22.0 Å². The molecule has 0 amide bonds. The summed E-state index contributed by atoms with van der Waals surface area (Å²) in [5.74, 6) is -6.79. The summed E-state index contributed by atoms with van der Waals surface area (Å²) >= 11 is 0. The molecule has 1 heterocycles. The van der Waals surface area contributed by atoms with Gasteiger partial charge in [-0.05, 0) is 12.1 Å². The summed E-state index contributed by atoms with van der Waals surface area (Å²) in [7, 11) is 0. The van der Waals surface area contributed by atoms with Gasteiger partial charge in [0.2, 0.25) is 0 Å². The van der Waals surface area contributed by atoms with Gasteiger partial charge in [-0.2, -0.15) is 32.5 Å². The van der Waals surface area contributed by atoms with Crippen molar-refractivity contribution in [3.05, 3.63) is 29.1 Å².